The third kappa shape index (κ3) is 3.33. The Labute approximate surface area is 170 Å². The van der Waals surface area contributed by atoms with E-state index in [0.717, 1.165) is 0 Å². The highest BCUT2D eigenvalue weighted by Crippen LogP contribution is 2.36. The van der Waals surface area contributed by atoms with E-state index in [2.05, 4.69) is 9.97 Å². The first kappa shape index (κ1) is 19.4. The number of aromatic hydroxyl groups is 1. The van der Waals surface area contributed by atoms with Crippen LogP contribution in [0.4, 0.5) is 5.69 Å². The molecule has 10 nitrogen and oxygen atoms in total. The molecule has 0 bridgehead atoms. The number of benzene rings is 1. The van der Waals surface area contributed by atoms with Gasteiger partial charge in [0.2, 0.25) is 5.89 Å². The largest absolute Gasteiger partial charge is 0.507 e. The van der Waals surface area contributed by atoms with Crippen molar-refractivity contribution in [3.63, 3.8) is 0 Å². The molecule has 2 aromatic heterocycles. The van der Waals surface area contributed by atoms with Crippen molar-refractivity contribution in [1.29, 1.82) is 0 Å². The first-order valence-corrected chi connectivity index (χ1v) is 8.83. The number of oxazole rings is 1. The quantitative estimate of drug-likeness (QED) is 0.637. The molecule has 30 heavy (non-hydrogen) atoms. The molecule has 0 amide bonds. The molecule has 1 N–H and O–H groups in total. The Morgan fingerprint density at radius 2 is 1.97 bits per heavy atom. The lowest BCUT2D eigenvalue weighted by atomic mass is 10.1. The van der Waals surface area contributed by atoms with E-state index >= 15 is 0 Å². The highest BCUT2D eigenvalue weighted by Gasteiger charge is 2.32. The monoisotopic (exact) mass is 411 g/mol. The number of carbonyl (C=O) groups is 2. The van der Waals surface area contributed by atoms with Gasteiger partial charge in [-0.3, -0.25) is 0 Å². The van der Waals surface area contributed by atoms with Crippen LogP contribution in [0.2, 0.25) is 0 Å². The molecule has 0 saturated carbocycles. The second-order valence-corrected chi connectivity index (χ2v) is 6.26. The molecular weight excluding hydrogens is 394 g/mol. The number of anilines is 1. The summed E-state index contributed by atoms with van der Waals surface area (Å²) in [6.07, 6.45) is 1.59. The van der Waals surface area contributed by atoms with E-state index in [1.807, 2.05) is 0 Å². The Hall–Kier alpha value is -3.92. The summed E-state index contributed by atoms with van der Waals surface area (Å²) in [4.78, 5) is 34.3. The number of rotatable bonds is 4. The molecule has 1 aromatic carbocycles. The molecule has 1 aliphatic heterocycles. The van der Waals surface area contributed by atoms with Crippen molar-refractivity contribution in [2.75, 3.05) is 32.5 Å². The van der Waals surface area contributed by atoms with Crippen molar-refractivity contribution in [3.8, 4) is 17.2 Å². The first-order valence-electron chi connectivity index (χ1n) is 8.83. The van der Waals surface area contributed by atoms with Gasteiger partial charge in [-0.2, -0.15) is 4.98 Å². The number of nitrogens with zero attached hydrogens (tertiary/aromatic N) is 3. The first-order chi connectivity index (χ1) is 14.5. The van der Waals surface area contributed by atoms with Crippen LogP contribution in [0.1, 0.15) is 0 Å². The van der Waals surface area contributed by atoms with E-state index in [4.69, 9.17) is 18.6 Å². The number of phenols is 1. The Bertz CT molecular complexity index is 1140. The van der Waals surface area contributed by atoms with Crippen LogP contribution in [0.25, 0.3) is 22.7 Å². The maximum atomic E-state index is 12.4. The fourth-order valence-corrected chi connectivity index (χ4v) is 3.10. The minimum atomic E-state index is -0.729. The average Bonchev–Trinajstić information content (AvgIpc) is 3.21. The Balaban J connectivity index is 1.75. The number of aromatic nitrogens is 2. The summed E-state index contributed by atoms with van der Waals surface area (Å²) in [7, 11) is 2.42. The van der Waals surface area contributed by atoms with Crippen LogP contribution >= 0.6 is 0 Å². The summed E-state index contributed by atoms with van der Waals surface area (Å²) in [6.45, 7) is -0.135. The molecule has 1 aliphatic rings. The molecule has 0 atom stereocenters. The molecule has 10 heteroatoms. The van der Waals surface area contributed by atoms with Crippen molar-refractivity contribution >= 4 is 28.9 Å². The number of ether oxygens (including phenoxy) is 3. The average molecular weight is 411 g/mol. The highest BCUT2D eigenvalue weighted by atomic mass is 16.5. The van der Waals surface area contributed by atoms with Gasteiger partial charge in [0.1, 0.15) is 18.2 Å². The molecule has 3 aromatic rings. The number of methoxy groups -OCH3 is 2. The van der Waals surface area contributed by atoms with Gasteiger partial charge in [-0.25, -0.2) is 14.6 Å². The Morgan fingerprint density at radius 1 is 1.17 bits per heavy atom. The lowest BCUT2D eigenvalue weighted by Crippen LogP contribution is -2.38. The zero-order valence-electron chi connectivity index (χ0n) is 16.1. The van der Waals surface area contributed by atoms with Crippen molar-refractivity contribution in [2.45, 2.75) is 0 Å². The fraction of sp³-hybridized carbons (Fsp3) is 0.200. The number of esters is 2. The van der Waals surface area contributed by atoms with Crippen molar-refractivity contribution in [3.05, 3.63) is 47.8 Å². The number of hydrogen-bond donors (Lipinski definition) is 1. The smallest absolute Gasteiger partial charge is 0.355 e. The summed E-state index contributed by atoms with van der Waals surface area (Å²) in [5, 5.41) is 10.6. The van der Waals surface area contributed by atoms with E-state index in [9.17, 15) is 14.7 Å². The van der Waals surface area contributed by atoms with Gasteiger partial charge >= 0.3 is 11.9 Å². The van der Waals surface area contributed by atoms with E-state index in [-0.39, 0.29) is 36.2 Å². The van der Waals surface area contributed by atoms with E-state index in [1.165, 1.54) is 25.2 Å². The summed E-state index contributed by atoms with van der Waals surface area (Å²) in [5.74, 6) is -1.39. The molecule has 0 aliphatic carbocycles. The lowest BCUT2D eigenvalue weighted by molar-refractivity contribution is -0.140. The molecular formula is C20H17N3O7. The number of fused-ring (bicyclic) bond motifs is 1. The van der Waals surface area contributed by atoms with Crippen molar-refractivity contribution < 1.29 is 33.3 Å². The van der Waals surface area contributed by atoms with Crippen LogP contribution in [0.15, 0.2) is 52.2 Å². The summed E-state index contributed by atoms with van der Waals surface area (Å²) < 4.78 is 20.6. The molecule has 0 spiro atoms. The van der Waals surface area contributed by atoms with Gasteiger partial charge in [-0.1, -0.05) is 0 Å². The third-order valence-corrected chi connectivity index (χ3v) is 4.52. The van der Waals surface area contributed by atoms with Gasteiger partial charge in [-0.05, 0) is 24.3 Å². The van der Waals surface area contributed by atoms with Crippen molar-refractivity contribution in [1.82, 2.24) is 9.97 Å². The van der Waals surface area contributed by atoms with Gasteiger partial charge in [0, 0.05) is 18.0 Å². The van der Waals surface area contributed by atoms with Gasteiger partial charge in [0.05, 0.1) is 32.0 Å². The molecule has 4 rings (SSSR count). The van der Waals surface area contributed by atoms with Crippen molar-refractivity contribution in [2.24, 2.45) is 0 Å². The fourth-order valence-electron chi connectivity index (χ4n) is 3.10. The van der Waals surface area contributed by atoms with E-state index in [1.54, 1.807) is 30.5 Å². The lowest BCUT2D eigenvalue weighted by Gasteiger charge is -2.31. The van der Waals surface area contributed by atoms with Gasteiger partial charge in [-0.15, -0.1) is 0 Å². The van der Waals surface area contributed by atoms with Crippen LogP contribution in [0.5, 0.6) is 5.75 Å². The summed E-state index contributed by atoms with van der Waals surface area (Å²) in [5.41, 5.74) is 1.63. The predicted octanol–water partition coefficient (Wildman–Crippen LogP) is 1.99. The Kier molecular flexibility index (Phi) is 5.07. The SMILES string of the molecule is COC(=O)C1=C(C(=O)OC)N(c2ccc(-c3nc4ncccc4o3)c(O)c2)COC1. The molecule has 0 saturated heterocycles. The van der Waals surface area contributed by atoms with Crippen LogP contribution in [0.3, 0.4) is 0 Å². The van der Waals surface area contributed by atoms with Crippen LogP contribution in [0, 0.1) is 0 Å². The van der Waals surface area contributed by atoms with Gasteiger partial charge in [0.15, 0.2) is 11.2 Å². The second-order valence-electron chi connectivity index (χ2n) is 6.26. The number of hydrogen-bond acceptors (Lipinski definition) is 10. The minimum absolute atomic E-state index is 0.0178. The molecule has 0 fully saturated rings. The predicted molar refractivity (Wildman–Crippen MR) is 103 cm³/mol. The van der Waals surface area contributed by atoms with Crippen LogP contribution in [-0.4, -0.2) is 54.6 Å². The standard InChI is InChI=1S/C20H17N3O7/c1-27-19(25)13-9-29-10-23(16(13)20(26)28-2)11-5-6-12(14(24)8-11)18-22-17-15(30-18)4-3-7-21-17/h3-8,24H,9-10H2,1-2H3. The second kappa shape index (κ2) is 7.84. The minimum Gasteiger partial charge on any atom is -0.507 e. The molecule has 154 valence electrons. The normalized spacial score (nSPS) is 14.1. The number of carbonyl (C=O) groups excluding carboxylic acids is 2. The topological polar surface area (TPSA) is 124 Å². The number of phenolic OH excluding ortho intramolecular Hbond substituents is 1. The van der Waals surface area contributed by atoms with Crippen LogP contribution < -0.4 is 4.90 Å². The summed E-state index contributed by atoms with van der Waals surface area (Å²) >= 11 is 0. The van der Waals surface area contributed by atoms with E-state index < -0.39 is 11.9 Å². The highest BCUT2D eigenvalue weighted by molar-refractivity contribution is 6.03. The van der Waals surface area contributed by atoms with Gasteiger partial charge in [0.25, 0.3) is 0 Å². The summed E-state index contributed by atoms with van der Waals surface area (Å²) in [6, 6.07) is 8.05. The van der Waals surface area contributed by atoms with Gasteiger partial charge < -0.3 is 28.6 Å². The molecule has 0 radical (unpaired) electrons. The zero-order chi connectivity index (χ0) is 21.3. The number of pyridine rings is 1. The maximum Gasteiger partial charge on any atom is 0.355 e. The van der Waals surface area contributed by atoms with Crippen LogP contribution in [-0.2, 0) is 23.8 Å². The Morgan fingerprint density at radius 3 is 2.67 bits per heavy atom. The zero-order valence-corrected chi connectivity index (χ0v) is 16.1. The molecule has 0 unspecified atom stereocenters. The third-order valence-electron chi connectivity index (χ3n) is 4.52. The molecule has 3 heterocycles. The van der Waals surface area contributed by atoms with E-state index in [0.29, 0.717) is 22.5 Å². The maximum absolute atomic E-state index is 12.4.